The Morgan fingerprint density at radius 3 is 2.76 bits per heavy atom. The molecule has 0 aliphatic carbocycles. The third-order valence-electron chi connectivity index (χ3n) is 2.67. The summed E-state index contributed by atoms with van der Waals surface area (Å²) in [5.74, 6) is -0.112. The fourth-order valence-electron chi connectivity index (χ4n) is 1.56. The van der Waals surface area contributed by atoms with Crippen molar-refractivity contribution in [1.82, 2.24) is 15.2 Å². The molecule has 1 aromatic rings. The van der Waals surface area contributed by atoms with Crippen LogP contribution >= 0.6 is 12.2 Å². The number of likely N-dealkylation sites (N-methyl/N-ethyl adjacent to an activating group) is 1. The van der Waals surface area contributed by atoms with E-state index in [1.807, 2.05) is 0 Å². The second kappa shape index (κ2) is 7.19. The highest BCUT2D eigenvalue weighted by Gasteiger charge is 2.07. The van der Waals surface area contributed by atoms with Crippen molar-refractivity contribution in [3.05, 3.63) is 28.5 Å². The molecule has 0 saturated carbocycles. The summed E-state index contributed by atoms with van der Waals surface area (Å²) in [6, 6.07) is 3.50. The maximum atomic E-state index is 11.8. The lowest BCUT2D eigenvalue weighted by molar-refractivity contribution is 0.0948. The molecule has 5 heteroatoms. The molecule has 0 spiro atoms. The van der Waals surface area contributed by atoms with Crippen LogP contribution in [0.5, 0.6) is 0 Å². The second-order valence-electron chi connectivity index (χ2n) is 3.70. The predicted molar refractivity (Wildman–Crippen MR) is 71.7 cm³/mol. The van der Waals surface area contributed by atoms with Gasteiger partial charge in [0.15, 0.2) is 0 Å². The number of hydrogen-bond donors (Lipinski definition) is 2. The van der Waals surface area contributed by atoms with Gasteiger partial charge in [0.05, 0.1) is 5.56 Å². The average Bonchev–Trinajstić information content (AvgIpc) is 2.35. The second-order valence-corrected chi connectivity index (χ2v) is 4.10. The Morgan fingerprint density at radius 2 is 2.18 bits per heavy atom. The molecule has 1 heterocycles. The van der Waals surface area contributed by atoms with Crippen molar-refractivity contribution in [2.45, 2.75) is 13.8 Å². The minimum Gasteiger partial charge on any atom is -0.352 e. The number of aromatic amines is 1. The number of H-pyrrole nitrogens is 1. The van der Waals surface area contributed by atoms with E-state index in [1.165, 1.54) is 0 Å². The number of nitrogens with zero attached hydrogens (tertiary/aromatic N) is 1. The van der Waals surface area contributed by atoms with Gasteiger partial charge in [-0.1, -0.05) is 26.1 Å². The van der Waals surface area contributed by atoms with E-state index in [0.717, 1.165) is 19.6 Å². The van der Waals surface area contributed by atoms with Crippen LogP contribution in [0.1, 0.15) is 24.2 Å². The van der Waals surface area contributed by atoms with Crippen LogP contribution in [0.2, 0.25) is 0 Å². The molecular formula is C12H19N3OS. The van der Waals surface area contributed by atoms with Gasteiger partial charge < -0.3 is 15.2 Å². The number of pyridine rings is 1. The van der Waals surface area contributed by atoms with E-state index in [-0.39, 0.29) is 5.91 Å². The molecule has 0 aliphatic rings. The molecule has 0 aromatic carbocycles. The standard InChI is InChI=1S/C12H19N3OS/c1-3-15(4-2)9-8-13-11(16)10-6-5-7-14-12(10)17/h5-7H,3-4,8-9H2,1-2H3,(H,13,16)(H,14,17). The lowest BCUT2D eigenvalue weighted by atomic mass is 10.2. The molecule has 17 heavy (non-hydrogen) atoms. The van der Waals surface area contributed by atoms with Gasteiger partial charge in [-0.2, -0.15) is 0 Å². The van der Waals surface area contributed by atoms with Crippen molar-refractivity contribution in [3.8, 4) is 0 Å². The van der Waals surface area contributed by atoms with Gasteiger partial charge in [-0.25, -0.2) is 0 Å². The van der Waals surface area contributed by atoms with E-state index in [1.54, 1.807) is 18.3 Å². The van der Waals surface area contributed by atoms with E-state index in [0.29, 0.717) is 16.7 Å². The van der Waals surface area contributed by atoms with Gasteiger partial charge in [0.2, 0.25) is 0 Å². The number of hydrogen-bond acceptors (Lipinski definition) is 3. The van der Waals surface area contributed by atoms with Crippen molar-refractivity contribution >= 4 is 18.1 Å². The molecule has 0 saturated heterocycles. The first kappa shape index (κ1) is 13.9. The summed E-state index contributed by atoms with van der Waals surface area (Å²) in [5, 5.41) is 2.87. The van der Waals surface area contributed by atoms with Crippen molar-refractivity contribution in [1.29, 1.82) is 0 Å². The molecular weight excluding hydrogens is 234 g/mol. The smallest absolute Gasteiger partial charge is 0.254 e. The van der Waals surface area contributed by atoms with Gasteiger partial charge in [0, 0.05) is 19.3 Å². The van der Waals surface area contributed by atoms with Crippen LogP contribution in [-0.4, -0.2) is 42.0 Å². The summed E-state index contributed by atoms with van der Waals surface area (Å²) in [5.41, 5.74) is 0.530. The maximum Gasteiger partial charge on any atom is 0.254 e. The Labute approximate surface area is 107 Å². The van der Waals surface area contributed by atoms with Gasteiger partial charge in [-0.05, 0) is 25.2 Å². The third-order valence-corrected chi connectivity index (χ3v) is 3.01. The fraction of sp³-hybridized carbons (Fsp3) is 0.500. The summed E-state index contributed by atoms with van der Waals surface area (Å²) in [4.78, 5) is 16.9. The predicted octanol–water partition coefficient (Wildman–Crippen LogP) is 1.82. The molecule has 0 atom stereocenters. The Morgan fingerprint density at radius 1 is 1.47 bits per heavy atom. The topological polar surface area (TPSA) is 48.1 Å². The summed E-state index contributed by atoms with van der Waals surface area (Å²) < 4.78 is 0.479. The number of carbonyl (C=O) groups is 1. The zero-order valence-electron chi connectivity index (χ0n) is 10.3. The normalized spacial score (nSPS) is 10.5. The molecule has 2 N–H and O–H groups in total. The molecule has 0 radical (unpaired) electrons. The van der Waals surface area contributed by atoms with E-state index >= 15 is 0 Å². The number of amides is 1. The quantitative estimate of drug-likeness (QED) is 0.760. The minimum atomic E-state index is -0.112. The minimum absolute atomic E-state index is 0.112. The summed E-state index contributed by atoms with van der Waals surface area (Å²) >= 11 is 5.05. The first-order valence-electron chi connectivity index (χ1n) is 5.87. The zero-order valence-corrected chi connectivity index (χ0v) is 11.1. The maximum absolute atomic E-state index is 11.8. The van der Waals surface area contributed by atoms with Crippen LogP contribution in [0, 0.1) is 4.64 Å². The highest BCUT2D eigenvalue weighted by molar-refractivity contribution is 7.71. The third kappa shape index (κ3) is 4.28. The molecule has 0 fully saturated rings. The molecule has 0 bridgehead atoms. The van der Waals surface area contributed by atoms with Crippen molar-refractivity contribution in [3.63, 3.8) is 0 Å². The van der Waals surface area contributed by atoms with Crippen LogP contribution in [0.25, 0.3) is 0 Å². The molecule has 0 aliphatic heterocycles. The highest BCUT2D eigenvalue weighted by atomic mass is 32.1. The lowest BCUT2D eigenvalue weighted by Crippen LogP contribution is -2.34. The van der Waals surface area contributed by atoms with Gasteiger partial charge >= 0.3 is 0 Å². The van der Waals surface area contributed by atoms with Crippen LogP contribution in [-0.2, 0) is 0 Å². The van der Waals surface area contributed by atoms with Crippen molar-refractivity contribution in [2.24, 2.45) is 0 Å². The van der Waals surface area contributed by atoms with E-state index in [2.05, 4.69) is 29.0 Å². The summed E-state index contributed by atoms with van der Waals surface area (Å²) in [7, 11) is 0. The zero-order chi connectivity index (χ0) is 12.7. The van der Waals surface area contributed by atoms with Gasteiger partial charge in [0.1, 0.15) is 4.64 Å². The molecule has 1 aromatic heterocycles. The monoisotopic (exact) mass is 253 g/mol. The highest BCUT2D eigenvalue weighted by Crippen LogP contribution is 1.98. The Bertz CT molecular complexity index is 412. The average molecular weight is 253 g/mol. The number of aromatic nitrogens is 1. The largest absolute Gasteiger partial charge is 0.352 e. The van der Waals surface area contributed by atoms with Crippen molar-refractivity contribution in [2.75, 3.05) is 26.2 Å². The summed E-state index contributed by atoms with van der Waals surface area (Å²) in [6.45, 7) is 7.72. The Kier molecular flexibility index (Phi) is 5.86. The van der Waals surface area contributed by atoms with E-state index in [4.69, 9.17) is 12.2 Å². The van der Waals surface area contributed by atoms with Gasteiger partial charge in [-0.3, -0.25) is 4.79 Å². The molecule has 4 nitrogen and oxygen atoms in total. The van der Waals surface area contributed by atoms with Gasteiger partial charge in [-0.15, -0.1) is 0 Å². The number of rotatable bonds is 6. The molecule has 0 unspecified atom stereocenters. The first-order valence-corrected chi connectivity index (χ1v) is 6.28. The van der Waals surface area contributed by atoms with Crippen LogP contribution in [0.3, 0.4) is 0 Å². The van der Waals surface area contributed by atoms with Gasteiger partial charge in [0.25, 0.3) is 5.91 Å². The molecule has 1 amide bonds. The Hall–Kier alpha value is -1.20. The number of nitrogens with one attached hydrogen (secondary N) is 2. The number of carbonyl (C=O) groups excluding carboxylic acids is 1. The van der Waals surface area contributed by atoms with E-state index in [9.17, 15) is 4.79 Å². The summed E-state index contributed by atoms with van der Waals surface area (Å²) in [6.07, 6.45) is 1.72. The van der Waals surface area contributed by atoms with Crippen LogP contribution in [0.4, 0.5) is 0 Å². The molecule has 1 rings (SSSR count). The fourth-order valence-corrected chi connectivity index (χ4v) is 1.79. The van der Waals surface area contributed by atoms with Crippen molar-refractivity contribution < 1.29 is 4.79 Å². The van der Waals surface area contributed by atoms with Crippen LogP contribution in [0.15, 0.2) is 18.3 Å². The SMILES string of the molecule is CCN(CC)CCNC(=O)c1ccc[nH]c1=S. The first-order chi connectivity index (χ1) is 8.19. The lowest BCUT2D eigenvalue weighted by Gasteiger charge is -2.17. The van der Waals surface area contributed by atoms with E-state index < -0.39 is 0 Å². The van der Waals surface area contributed by atoms with Crippen LogP contribution < -0.4 is 5.32 Å². The Balaban J connectivity index is 2.46. The molecule has 94 valence electrons.